The third kappa shape index (κ3) is 2.90. The highest BCUT2D eigenvalue weighted by Gasteiger charge is 2.27. The van der Waals surface area contributed by atoms with Crippen LogP contribution in [-0.2, 0) is 0 Å². The minimum absolute atomic E-state index is 0.127. The molecule has 0 radical (unpaired) electrons. The van der Waals surface area contributed by atoms with Crippen LogP contribution in [0.25, 0.3) is 0 Å². The van der Waals surface area contributed by atoms with E-state index in [2.05, 4.69) is 15.9 Å². The normalized spacial score (nSPS) is 11.8. The predicted octanol–water partition coefficient (Wildman–Crippen LogP) is 3.22. The van der Waals surface area contributed by atoms with Crippen LogP contribution < -0.4 is 0 Å². The summed E-state index contributed by atoms with van der Waals surface area (Å²) in [4.78, 5) is 23.3. The molecule has 0 heterocycles. The molecule has 2 aromatic carbocycles. The first-order chi connectivity index (χ1) is 9.11. The fourth-order valence-electron chi connectivity index (χ4n) is 1.69. The van der Waals surface area contributed by atoms with E-state index in [-0.39, 0.29) is 17.1 Å². The number of Topliss-reactive ketones (excluding diaryl/α,β-unsaturated/α-hetero) is 2. The third-order valence-corrected chi connectivity index (χ3v) is 3.52. The fourth-order valence-corrected chi connectivity index (χ4v) is 2.20. The molecule has 3 nitrogen and oxygen atoms in total. The quantitative estimate of drug-likeness (QED) is 0.535. The zero-order chi connectivity index (χ0) is 13.8. The van der Waals surface area contributed by atoms with Crippen molar-refractivity contribution < 1.29 is 14.7 Å². The van der Waals surface area contributed by atoms with Gasteiger partial charge in [0.1, 0.15) is 10.6 Å². The smallest absolute Gasteiger partial charge is 0.188 e. The fraction of sp³-hybridized carbons (Fsp3) is 0.0667. The molecule has 0 saturated carbocycles. The summed E-state index contributed by atoms with van der Waals surface area (Å²) in [6.45, 7) is 0. The zero-order valence-electron chi connectivity index (χ0n) is 9.92. The zero-order valence-corrected chi connectivity index (χ0v) is 11.5. The van der Waals surface area contributed by atoms with E-state index < -0.39 is 10.6 Å². The molecule has 1 atom stereocenters. The number of carbonyl (C=O) groups excluding carboxylic acids is 2. The highest BCUT2D eigenvalue weighted by atomic mass is 79.9. The van der Waals surface area contributed by atoms with Gasteiger partial charge in [0.25, 0.3) is 0 Å². The molecule has 0 saturated heterocycles. The van der Waals surface area contributed by atoms with Crippen LogP contribution in [0.3, 0.4) is 0 Å². The number of halogens is 1. The first kappa shape index (κ1) is 13.5. The van der Waals surface area contributed by atoms with Gasteiger partial charge in [0.2, 0.25) is 0 Å². The molecule has 0 fully saturated rings. The molecular weight excluding hydrogens is 308 g/mol. The maximum Gasteiger partial charge on any atom is 0.188 e. The lowest BCUT2D eigenvalue weighted by atomic mass is 10.0. The molecule has 0 aromatic heterocycles. The molecule has 2 rings (SSSR count). The lowest BCUT2D eigenvalue weighted by Crippen LogP contribution is -2.24. The Balaban J connectivity index is 2.26. The van der Waals surface area contributed by atoms with E-state index in [1.165, 1.54) is 12.1 Å². The van der Waals surface area contributed by atoms with E-state index >= 15 is 0 Å². The Labute approximate surface area is 119 Å². The summed E-state index contributed by atoms with van der Waals surface area (Å²) in [6, 6.07) is 14.7. The Hall–Kier alpha value is -1.94. The number of rotatable bonds is 4. The average molecular weight is 319 g/mol. The molecule has 0 bridgehead atoms. The van der Waals surface area contributed by atoms with Crippen molar-refractivity contribution in [2.24, 2.45) is 0 Å². The Bertz CT molecular complexity index is 608. The Morgan fingerprint density at radius 2 is 1.47 bits per heavy atom. The van der Waals surface area contributed by atoms with Crippen LogP contribution in [-0.4, -0.2) is 21.5 Å². The van der Waals surface area contributed by atoms with Crippen molar-refractivity contribution in [3.05, 3.63) is 65.7 Å². The molecule has 1 N–H and O–H groups in total. The van der Waals surface area contributed by atoms with E-state index in [1.807, 2.05) is 0 Å². The van der Waals surface area contributed by atoms with E-state index in [0.717, 1.165) is 0 Å². The van der Waals surface area contributed by atoms with Crippen molar-refractivity contribution in [1.29, 1.82) is 0 Å². The van der Waals surface area contributed by atoms with Crippen molar-refractivity contribution in [1.82, 2.24) is 0 Å². The van der Waals surface area contributed by atoms with Crippen molar-refractivity contribution in [2.75, 3.05) is 0 Å². The van der Waals surface area contributed by atoms with Gasteiger partial charge >= 0.3 is 0 Å². The Kier molecular flexibility index (Phi) is 4.12. The standard InChI is InChI=1S/C15H11BrO3/c16-13(14(18)10-6-2-1-3-7-10)15(19)11-8-4-5-9-12(11)17/h1-9,13,17H. The van der Waals surface area contributed by atoms with Crippen LogP contribution in [0.15, 0.2) is 54.6 Å². The minimum Gasteiger partial charge on any atom is -0.507 e. The van der Waals surface area contributed by atoms with Crippen LogP contribution >= 0.6 is 15.9 Å². The van der Waals surface area contributed by atoms with Gasteiger partial charge in [-0.25, -0.2) is 0 Å². The number of ketones is 2. The maximum atomic E-state index is 12.2. The van der Waals surface area contributed by atoms with Crippen LogP contribution in [0.2, 0.25) is 0 Å². The number of hydrogen-bond acceptors (Lipinski definition) is 3. The van der Waals surface area contributed by atoms with Crippen molar-refractivity contribution in [2.45, 2.75) is 4.83 Å². The van der Waals surface area contributed by atoms with Gasteiger partial charge in [-0.2, -0.15) is 0 Å². The van der Waals surface area contributed by atoms with Crippen LogP contribution in [0.4, 0.5) is 0 Å². The highest BCUT2D eigenvalue weighted by Crippen LogP contribution is 2.22. The SMILES string of the molecule is O=C(c1ccccc1)C(Br)C(=O)c1ccccc1O. The van der Waals surface area contributed by atoms with Gasteiger partial charge < -0.3 is 5.11 Å². The first-order valence-corrected chi connectivity index (χ1v) is 6.58. The Morgan fingerprint density at radius 1 is 0.895 bits per heavy atom. The predicted molar refractivity (Wildman–Crippen MR) is 75.9 cm³/mol. The second kappa shape index (κ2) is 5.80. The van der Waals surface area contributed by atoms with E-state index in [0.29, 0.717) is 5.56 Å². The summed E-state index contributed by atoms with van der Waals surface area (Å²) < 4.78 is 0. The summed E-state index contributed by atoms with van der Waals surface area (Å²) >= 11 is 3.11. The minimum atomic E-state index is -0.997. The van der Waals surface area contributed by atoms with E-state index in [9.17, 15) is 14.7 Å². The van der Waals surface area contributed by atoms with Crippen molar-refractivity contribution in [3.8, 4) is 5.75 Å². The first-order valence-electron chi connectivity index (χ1n) is 5.67. The summed E-state index contributed by atoms with van der Waals surface area (Å²) in [5.41, 5.74) is 0.585. The van der Waals surface area contributed by atoms with Crippen LogP contribution in [0.1, 0.15) is 20.7 Å². The number of para-hydroxylation sites is 1. The molecule has 19 heavy (non-hydrogen) atoms. The molecule has 0 spiro atoms. The number of benzene rings is 2. The van der Waals surface area contributed by atoms with Crippen LogP contribution in [0.5, 0.6) is 5.75 Å². The molecular formula is C15H11BrO3. The molecule has 2 aromatic rings. The molecule has 0 aliphatic carbocycles. The average Bonchev–Trinajstić information content (AvgIpc) is 2.46. The summed E-state index contributed by atoms with van der Waals surface area (Å²) in [6.07, 6.45) is 0. The van der Waals surface area contributed by atoms with E-state index in [4.69, 9.17) is 0 Å². The molecule has 0 aliphatic heterocycles. The van der Waals surface area contributed by atoms with Gasteiger partial charge in [-0.1, -0.05) is 58.4 Å². The number of aromatic hydroxyl groups is 1. The van der Waals surface area contributed by atoms with Gasteiger partial charge in [-0.15, -0.1) is 0 Å². The molecule has 1 unspecified atom stereocenters. The Morgan fingerprint density at radius 3 is 2.11 bits per heavy atom. The van der Waals surface area contributed by atoms with E-state index in [1.54, 1.807) is 42.5 Å². The van der Waals surface area contributed by atoms with Gasteiger partial charge in [0, 0.05) is 5.56 Å². The van der Waals surface area contributed by atoms with Crippen molar-refractivity contribution in [3.63, 3.8) is 0 Å². The summed E-state index contributed by atoms with van der Waals surface area (Å²) in [7, 11) is 0. The maximum absolute atomic E-state index is 12.2. The number of phenolic OH excluding ortho intramolecular Hbond substituents is 1. The molecule has 4 heteroatoms. The third-order valence-electron chi connectivity index (χ3n) is 2.69. The number of carbonyl (C=O) groups is 2. The second-order valence-corrected chi connectivity index (χ2v) is 4.89. The van der Waals surface area contributed by atoms with Gasteiger partial charge in [-0.3, -0.25) is 9.59 Å². The molecule has 0 aliphatic rings. The van der Waals surface area contributed by atoms with Gasteiger partial charge in [0.15, 0.2) is 11.6 Å². The lowest BCUT2D eigenvalue weighted by molar-refractivity contribution is 0.0905. The molecule has 96 valence electrons. The second-order valence-electron chi connectivity index (χ2n) is 3.97. The summed E-state index contributed by atoms with van der Waals surface area (Å²) in [5, 5.41) is 9.63. The van der Waals surface area contributed by atoms with Gasteiger partial charge in [0.05, 0.1) is 5.56 Å². The largest absolute Gasteiger partial charge is 0.507 e. The summed E-state index contributed by atoms with van der Waals surface area (Å²) in [5.74, 6) is -0.904. The number of hydrogen-bond donors (Lipinski definition) is 1. The van der Waals surface area contributed by atoms with Crippen LogP contribution in [0, 0.1) is 0 Å². The highest BCUT2D eigenvalue weighted by molar-refractivity contribution is 9.10. The van der Waals surface area contributed by atoms with Crippen molar-refractivity contribution >= 4 is 27.5 Å². The molecule has 0 amide bonds. The lowest BCUT2D eigenvalue weighted by Gasteiger charge is -2.09. The van der Waals surface area contributed by atoms with Gasteiger partial charge in [-0.05, 0) is 12.1 Å². The monoisotopic (exact) mass is 318 g/mol. The number of alkyl halides is 1. The number of phenols is 1. The topological polar surface area (TPSA) is 54.4 Å².